The number of aryl methyl sites for hydroxylation is 1. The molecule has 0 aliphatic carbocycles. The molecule has 0 aromatic heterocycles. The number of carbonyl (C=O) groups excluding carboxylic acids is 1. The van der Waals surface area contributed by atoms with Crippen LogP contribution in [0.4, 0.5) is 0 Å². The molecule has 2 aromatic carbocycles. The number of amides is 1. The minimum Gasteiger partial charge on any atom is -0.367 e. The van der Waals surface area contributed by atoms with Gasteiger partial charge in [-0.1, -0.05) is 54.6 Å². The first-order chi connectivity index (χ1) is 9.13. The van der Waals surface area contributed by atoms with Crippen molar-refractivity contribution in [3.8, 4) is 0 Å². The number of likely N-dealkylation sites (N-methyl/N-ethyl adjacent to an activating group) is 1. The Morgan fingerprint density at radius 2 is 1.63 bits per heavy atom. The summed E-state index contributed by atoms with van der Waals surface area (Å²) in [5, 5.41) is 3.11. The van der Waals surface area contributed by atoms with Crippen LogP contribution in [0.2, 0.25) is 0 Å². The zero-order chi connectivity index (χ0) is 13.9. The van der Waals surface area contributed by atoms with E-state index in [0.717, 1.165) is 16.7 Å². The van der Waals surface area contributed by atoms with Crippen LogP contribution in [-0.2, 0) is 10.3 Å². The van der Waals surface area contributed by atoms with Gasteiger partial charge in [-0.2, -0.15) is 0 Å². The number of rotatable bonds is 4. The molecule has 0 saturated heterocycles. The minimum atomic E-state index is -0.993. The summed E-state index contributed by atoms with van der Waals surface area (Å²) in [5.41, 5.74) is 7.48. The van der Waals surface area contributed by atoms with Crippen LogP contribution in [-0.4, -0.2) is 13.0 Å². The maximum atomic E-state index is 12.2. The molecule has 0 aliphatic rings. The molecule has 0 heterocycles. The zero-order valence-electron chi connectivity index (χ0n) is 11.2. The lowest BCUT2D eigenvalue weighted by Gasteiger charge is -2.32. The van der Waals surface area contributed by atoms with Gasteiger partial charge in [0.25, 0.3) is 0 Å². The van der Waals surface area contributed by atoms with E-state index in [-0.39, 0.29) is 0 Å². The smallest absolute Gasteiger partial charge is 0.247 e. The van der Waals surface area contributed by atoms with Gasteiger partial charge in [-0.3, -0.25) is 10.1 Å². The van der Waals surface area contributed by atoms with Crippen molar-refractivity contribution in [1.29, 1.82) is 0 Å². The summed E-state index contributed by atoms with van der Waals surface area (Å²) in [6.07, 6.45) is 0. The molecule has 0 bridgehead atoms. The van der Waals surface area contributed by atoms with E-state index in [1.54, 1.807) is 7.05 Å². The average molecular weight is 254 g/mol. The van der Waals surface area contributed by atoms with Crippen molar-refractivity contribution in [2.24, 2.45) is 5.73 Å². The van der Waals surface area contributed by atoms with Gasteiger partial charge < -0.3 is 5.73 Å². The molecule has 3 N–H and O–H groups in total. The molecule has 0 spiro atoms. The second-order valence-corrected chi connectivity index (χ2v) is 4.55. The molecule has 3 heteroatoms. The largest absolute Gasteiger partial charge is 0.367 e. The Morgan fingerprint density at radius 1 is 1.05 bits per heavy atom. The van der Waals surface area contributed by atoms with E-state index >= 15 is 0 Å². The lowest BCUT2D eigenvalue weighted by atomic mass is 9.80. The van der Waals surface area contributed by atoms with Crippen LogP contribution >= 0.6 is 0 Å². The Kier molecular flexibility index (Phi) is 3.67. The van der Waals surface area contributed by atoms with Crippen molar-refractivity contribution in [1.82, 2.24) is 5.32 Å². The molecule has 0 radical (unpaired) electrons. The molecular weight excluding hydrogens is 236 g/mol. The van der Waals surface area contributed by atoms with E-state index < -0.39 is 11.4 Å². The van der Waals surface area contributed by atoms with E-state index in [4.69, 9.17) is 5.73 Å². The van der Waals surface area contributed by atoms with E-state index in [1.165, 1.54) is 0 Å². The van der Waals surface area contributed by atoms with Crippen molar-refractivity contribution in [3.63, 3.8) is 0 Å². The van der Waals surface area contributed by atoms with Gasteiger partial charge in [0.15, 0.2) is 0 Å². The molecule has 0 aliphatic heterocycles. The van der Waals surface area contributed by atoms with Crippen molar-refractivity contribution in [3.05, 3.63) is 71.3 Å². The van der Waals surface area contributed by atoms with Gasteiger partial charge >= 0.3 is 0 Å². The van der Waals surface area contributed by atoms with E-state index in [0.29, 0.717) is 0 Å². The van der Waals surface area contributed by atoms with Crippen LogP contribution in [0, 0.1) is 6.92 Å². The number of nitrogens with one attached hydrogen (secondary N) is 1. The highest BCUT2D eigenvalue weighted by molar-refractivity contribution is 5.90. The first-order valence-corrected chi connectivity index (χ1v) is 6.23. The predicted octanol–water partition coefficient (Wildman–Crippen LogP) is 1.94. The summed E-state index contributed by atoms with van der Waals surface area (Å²) in [5.74, 6) is -0.407. The van der Waals surface area contributed by atoms with E-state index in [9.17, 15) is 4.79 Å². The van der Waals surface area contributed by atoms with Gasteiger partial charge in [0.1, 0.15) is 5.54 Å². The van der Waals surface area contributed by atoms with Crippen LogP contribution < -0.4 is 11.1 Å². The summed E-state index contributed by atoms with van der Waals surface area (Å²) in [7, 11) is 1.75. The second kappa shape index (κ2) is 5.24. The summed E-state index contributed by atoms with van der Waals surface area (Å²) in [6, 6.07) is 17.3. The van der Waals surface area contributed by atoms with Crippen molar-refractivity contribution in [2.75, 3.05) is 7.05 Å². The number of nitrogens with two attached hydrogens (primary N) is 1. The van der Waals surface area contributed by atoms with Crippen LogP contribution in [0.25, 0.3) is 0 Å². The van der Waals surface area contributed by atoms with Crippen molar-refractivity contribution < 1.29 is 4.79 Å². The maximum absolute atomic E-state index is 12.2. The highest BCUT2D eigenvalue weighted by Gasteiger charge is 2.39. The van der Waals surface area contributed by atoms with Gasteiger partial charge in [-0.05, 0) is 30.7 Å². The highest BCUT2D eigenvalue weighted by atomic mass is 16.1. The van der Waals surface area contributed by atoms with E-state index in [1.807, 2.05) is 61.5 Å². The molecular formula is C16H18N2O. The molecule has 0 saturated carbocycles. The first kappa shape index (κ1) is 13.3. The number of benzene rings is 2. The molecule has 1 atom stereocenters. The monoisotopic (exact) mass is 254 g/mol. The normalized spacial score (nSPS) is 13.8. The lowest BCUT2D eigenvalue weighted by molar-refractivity contribution is -0.123. The average Bonchev–Trinajstić information content (AvgIpc) is 2.43. The Morgan fingerprint density at radius 3 is 2.16 bits per heavy atom. The van der Waals surface area contributed by atoms with Gasteiger partial charge in [0.05, 0.1) is 0 Å². The zero-order valence-corrected chi connectivity index (χ0v) is 11.2. The van der Waals surface area contributed by atoms with Crippen LogP contribution in [0.3, 0.4) is 0 Å². The highest BCUT2D eigenvalue weighted by Crippen LogP contribution is 2.31. The van der Waals surface area contributed by atoms with Crippen LogP contribution in [0.15, 0.2) is 54.6 Å². The Balaban J connectivity index is 2.73. The lowest BCUT2D eigenvalue weighted by Crippen LogP contribution is -2.52. The van der Waals surface area contributed by atoms with Crippen LogP contribution in [0.5, 0.6) is 0 Å². The topological polar surface area (TPSA) is 55.1 Å². The number of hydrogen-bond donors (Lipinski definition) is 2. The fourth-order valence-corrected chi connectivity index (χ4v) is 2.51. The van der Waals surface area contributed by atoms with Gasteiger partial charge in [0, 0.05) is 0 Å². The van der Waals surface area contributed by atoms with Crippen molar-refractivity contribution in [2.45, 2.75) is 12.5 Å². The standard InChI is InChI=1S/C16H18N2O/c1-12-8-6-7-11-14(12)16(18-2,15(17)19)13-9-4-3-5-10-13/h3-11,18H,1-2H3,(H2,17,19). The molecule has 98 valence electrons. The molecule has 0 fully saturated rings. The SMILES string of the molecule is CNC(C(N)=O)(c1ccccc1)c1ccccc1C. The molecule has 1 unspecified atom stereocenters. The van der Waals surface area contributed by atoms with Crippen molar-refractivity contribution >= 4 is 5.91 Å². The maximum Gasteiger partial charge on any atom is 0.247 e. The Labute approximate surface area is 113 Å². The Bertz CT molecular complexity index is 580. The molecule has 2 aromatic rings. The summed E-state index contributed by atoms with van der Waals surface area (Å²) in [4.78, 5) is 12.2. The third-order valence-corrected chi connectivity index (χ3v) is 3.50. The fourth-order valence-electron chi connectivity index (χ4n) is 2.51. The molecule has 2 rings (SSSR count). The quantitative estimate of drug-likeness (QED) is 0.876. The summed E-state index contributed by atoms with van der Waals surface area (Å²) < 4.78 is 0. The molecule has 19 heavy (non-hydrogen) atoms. The van der Waals surface area contributed by atoms with Gasteiger partial charge in [-0.25, -0.2) is 0 Å². The van der Waals surface area contributed by atoms with E-state index in [2.05, 4.69) is 5.32 Å². The number of primary amides is 1. The van der Waals surface area contributed by atoms with Crippen LogP contribution in [0.1, 0.15) is 16.7 Å². The third-order valence-electron chi connectivity index (χ3n) is 3.50. The van der Waals surface area contributed by atoms with Gasteiger partial charge in [0.2, 0.25) is 5.91 Å². The summed E-state index contributed by atoms with van der Waals surface area (Å²) >= 11 is 0. The number of carbonyl (C=O) groups is 1. The Hall–Kier alpha value is -2.13. The third kappa shape index (κ3) is 2.13. The fraction of sp³-hybridized carbons (Fsp3) is 0.188. The molecule has 3 nitrogen and oxygen atoms in total. The van der Waals surface area contributed by atoms with Gasteiger partial charge in [-0.15, -0.1) is 0 Å². The number of hydrogen-bond acceptors (Lipinski definition) is 2. The predicted molar refractivity (Wildman–Crippen MR) is 76.7 cm³/mol. The molecule has 1 amide bonds. The summed E-state index contributed by atoms with van der Waals surface area (Å²) in [6.45, 7) is 1.98. The second-order valence-electron chi connectivity index (χ2n) is 4.55. The minimum absolute atomic E-state index is 0.407. The first-order valence-electron chi connectivity index (χ1n) is 6.23.